The van der Waals surface area contributed by atoms with E-state index in [0.29, 0.717) is 41.4 Å². The maximum absolute atomic E-state index is 13.1. The molecule has 4 rings (SSSR count). The number of carbonyl (C=O) groups is 2. The number of ether oxygens (including phenoxy) is 3. The van der Waals surface area contributed by atoms with Crippen molar-refractivity contribution in [1.82, 2.24) is 10.2 Å². The molecule has 7 nitrogen and oxygen atoms in total. The summed E-state index contributed by atoms with van der Waals surface area (Å²) < 4.78 is 16.1. The van der Waals surface area contributed by atoms with E-state index in [1.807, 2.05) is 30.3 Å². The second kappa shape index (κ2) is 10.3. The molecule has 2 unspecified atom stereocenters. The summed E-state index contributed by atoms with van der Waals surface area (Å²) in [5, 5.41) is 3.21. The quantitative estimate of drug-likeness (QED) is 0.616. The molecule has 0 aromatic heterocycles. The van der Waals surface area contributed by atoms with Crippen LogP contribution in [0.3, 0.4) is 0 Å². The molecule has 0 saturated carbocycles. The van der Waals surface area contributed by atoms with Crippen LogP contribution in [0.1, 0.15) is 52.8 Å². The zero-order chi connectivity index (χ0) is 23.4. The van der Waals surface area contributed by atoms with Gasteiger partial charge < -0.3 is 19.5 Å². The van der Waals surface area contributed by atoms with E-state index >= 15 is 0 Å². The Labute approximate surface area is 195 Å². The fourth-order valence-electron chi connectivity index (χ4n) is 5.22. The average Bonchev–Trinajstić information content (AvgIpc) is 2.83. The average molecular weight is 453 g/mol. The number of nitrogens with one attached hydrogen (secondary N) is 1. The fraction of sp³-hybridized carbons (Fsp3) is 0.462. The molecule has 2 aromatic carbocycles. The molecule has 1 amide bonds. The van der Waals surface area contributed by atoms with Crippen molar-refractivity contribution in [2.45, 2.75) is 50.2 Å². The normalized spacial score (nSPS) is 22.3. The summed E-state index contributed by atoms with van der Waals surface area (Å²) in [7, 11) is 4.61. The van der Waals surface area contributed by atoms with Gasteiger partial charge >= 0.3 is 0 Å². The van der Waals surface area contributed by atoms with Crippen molar-refractivity contribution in [3.63, 3.8) is 0 Å². The Morgan fingerprint density at radius 2 is 1.52 bits per heavy atom. The number of amides is 1. The van der Waals surface area contributed by atoms with Crippen molar-refractivity contribution in [1.29, 1.82) is 0 Å². The molecular formula is C26H32N2O5. The number of hydrogen-bond donors (Lipinski definition) is 1. The van der Waals surface area contributed by atoms with Crippen LogP contribution in [0, 0.1) is 0 Å². The molecule has 0 spiro atoms. The minimum atomic E-state index is -0.161. The monoisotopic (exact) mass is 452 g/mol. The van der Waals surface area contributed by atoms with Crippen molar-refractivity contribution >= 4 is 11.7 Å². The number of rotatable bonds is 8. The molecule has 2 aliphatic heterocycles. The number of ketones is 1. The van der Waals surface area contributed by atoms with Crippen LogP contribution in [0.25, 0.3) is 0 Å². The van der Waals surface area contributed by atoms with Gasteiger partial charge in [0.25, 0.3) is 5.91 Å². The highest BCUT2D eigenvalue weighted by Gasteiger charge is 2.39. The molecule has 2 aliphatic rings. The van der Waals surface area contributed by atoms with Crippen LogP contribution in [0.15, 0.2) is 42.5 Å². The minimum absolute atomic E-state index is 0.0648. The molecule has 2 aromatic rings. The van der Waals surface area contributed by atoms with Crippen LogP contribution in [-0.4, -0.2) is 62.6 Å². The van der Waals surface area contributed by atoms with Gasteiger partial charge in [0.2, 0.25) is 5.75 Å². The van der Waals surface area contributed by atoms with Gasteiger partial charge in [0.05, 0.1) is 27.9 Å². The third-order valence-corrected chi connectivity index (χ3v) is 6.81. The van der Waals surface area contributed by atoms with Gasteiger partial charge in [-0.3, -0.25) is 14.5 Å². The molecule has 7 heteroatoms. The van der Waals surface area contributed by atoms with Gasteiger partial charge in [-0.15, -0.1) is 0 Å². The smallest absolute Gasteiger partial charge is 0.251 e. The fourth-order valence-corrected chi connectivity index (χ4v) is 5.22. The summed E-state index contributed by atoms with van der Waals surface area (Å²) in [6.45, 7) is 0.437. The van der Waals surface area contributed by atoms with E-state index in [4.69, 9.17) is 14.2 Å². The standard InChI is InChI=1S/C26H32N2O5/c1-31-23-12-18(13-24(32-2)25(23)33-3)26(30)27-19-14-20-10-7-11-21(15-19)28(20)16-22(29)17-8-5-4-6-9-17/h4-6,8-9,12-13,19-21H,7,10-11,14-16H2,1-3H3,(H,27,30). The Hall–Kier alpha value is -3.06. The molecule has 176 valence electrons. The number of hydrogen-bond acceptors (Lipinski definition) is 6. The highest BCUT2D eigenvalue weighted by Crippen LogP contribution is 2.38. The van der Waals surface area contributed by atoms with Gasteiger partial charge in [0.15, 0.2) is 17.3 Å². The number of fused-ring (bicyclic) bond motifs is 2. The molecule has 0 aliphatic carbocycles. The summed E-state index contributed by atoms with van der Waals surface area (Å²) in [5.41, 5.74) is 1.23. The number of piperidine rings is 2. The Kier molecular flexibility index (Phi) is 7.18. The van der Waals surface area contributed by atoms with E-state index in [0.717, 1.165) is 31.2 Å². The number of methoxy groups -OCH3 is 3. The number of carbonyl (C=O) groups excluding carboxylic acids is 2. The van der Waals surface area contributed by atoms with Crippen LogP contribution >= 0.6 is 0 Å². The van der Waals surface area contributed by atoms with Crippen LogP contribution < -0.4 is 19.5 Å². The molecule has 2 heterocycles. The molecule has 2 bridgehead atoms. The van der Waals surface area contributed by atoms with Gasteiger partial charge in [0.1, 0.15) is 0 Å². The largest absolute Gasteiger partial charge is 0.493 e. The SMILES string of the molecule is COc1cc(C(=O)NC2CC3CCCC(C2)N3CC(=O)c2ccccc2)cc(OC)c1OC. The van der Waals surface area contributed by atoms with Crippen LogP contribution in [0.4, 0.5) is 0 Å². The number of benzene rings is 2. The number of Topliss-reactive ketones (excluding diaryl/α,β-unsaturated/α-hetero) is 1. The first-order valence-corrected chi connectivity index (χ1v) is 11.5. The first-order chi connectivity index (χ1) is 16.0. The van der Waals surface area contributed by atoms with Crippen molar-refractivity contribution in [2.75, 3.05) is 27.9 Å². The van der Waals surface area contributed by atoms with Crippen LogP contribution in [0.5, 0.6) is 17.2 Å². The Morgan fingerprint density at radius 3 is 2.06 bits per heavy atom. The highest BCUT2D eigenvalue weighted by molar-refractivity contribution is 5.97. The van der Waals surface area contributed by atoms with Gasteiger partial charge in [-0.05, 0) is 37.8 Å². The Balaban J connectivity index is 1.44. The van der Waals surface area contributed by atoms with Crippen molar-refractivity contribution in [2.24, 2.45) is 0 Å². The van der Waals surface area contributed by atoms with Crippen LogP contribution in [-0.2, 0) is 0 Å². The maximum atomic E-state index is 13.1. The van der Waals surface area contributed by atoms with E-state index < -0.39 is 0 Å². The van der Waals surface area contributed by atoms with E-state index in [1.165, 1.54) is 27.8 Å². The second-order valence-electron chi connectivity index (χ2n) is 8.76. The first-order valence-electron chi connectivity index (χ1n) is 11.5. The molecule has 33 heavy (non-hydrogen) atoms. The summed E-state index contributed by atoms with van der Waals surface area (Å²) in [4.78, 5) is 28.3. The zero-order valence-corrected chi connectivity index (χ0v) is 19.5. The molecular weight excluding hydrogens is 420 g/mol. The Morgan fingerprint density at radius 1 is 0.909 bits per heavy atom. The third kappa shape index (κ3) is 4.98. The summed E-state index contributed by atoms with van der Waals surface area (Å²) in [6.07, 6.45) is 4.95. The Bertz CT molecular complexity index is 954. The maximum Gasteiger partial charge on any atom is 0.251 e. The van der Waals surface area contributed by atoms with Crippen molar-refractivity contribution in [3.05, 3.63) is 53.6 Å². The molecule has 1 N–H and O–H groups in total. The molecule has 2 fully saturated rings. The lowest BCUT2D eigenvalue weighted by atomic mass is 9.81. The minimum Gasteiger partial charge on any atom is -0.493 e. The van der Waals surface area contributed by atoms with Gasteiger partial charge in [0, 0.05) is 29.3 Å². The topological polar surface area (TPSA) is 77.1 Å². The van der Waals surface area contributed by atoms with Gasteiger partial charge in [-0.25, -0.2) is 0 Å². The van der Waals surface area contributed by atoms with Gasteiger partial charge in [-0.1, -0.05) is 36.8 Å². The summed E-state index contributed by atoms with van der Waals surface area (Å²) >= 11 is 0. The highest BCUT2D eigenvalue weighted by atomic mass is 16.5. The molecule has 0 radical (unpaired) electrons. The second-order valence-corrected chi connectivity index (χ2v) is 8.76. The predicted molar refractivity (Wildman–Crippen MR) is 125 cm³/mol. The van der Waals surface area contributed by atoms with Crippen LogP contribution in [0.2, 0.25) is 0 Å². The molecule has 2 atom stereocenters. The zero-order valence-electron chi connectivity index (χ0n) is 19.5. The molecule has 2 saturated heterocycles. The van der Waals surface area contributed by atoms with E-state index in [2.05, 4.69) is 10.2 Å². The van der Waals surface area contributed by atoms with Gasteiger partial charge in [-0.2, -0.15) is 0 Å². The lowest BCUT2D eigenvalue weighted by Gasteiger charge is -2.48. The summed E-state index contributed by atoms with van der Waals surface area (Å²) in [6, 6.07) is 13.5. The lowest BCUT2D eigenvalue weighted by molar-refractivity contribution is 0.0247. The first kappa shape index (κ1) is 23.1. The van der Waals surface area contributed by atoms with E-state index in [1.54, 1.807) is 12.1 Å². The van der Waals surface area contributed by atoms with Crippen molar-refractivity contribution in [3.8, 4) is 17.2 Å². The number of nitrogens with zero attached hydrogens (tertiary/aromatic N) is 1. The lowest BCUT2D eigenvalue weighted by Crippen LogP contribution is -2.58. The predicted octanol–water partition coefficient (Wildman–Crippen LogP) is 3.71. The van der Waals surface area contributed by atoms with E-state index in [-0.39, 0.29) is 17.7 Å². The van der Waals surface area contributed by atoms with Crippen molar-refractivity contribution < 1.29 is 23.8 Å². The van der Waals surface area contributed by atoms with E-state index in [9.17, 15) is 9.59 Å². The third-order valence-electron chi connectivity index (χ3n) is 6.81. The summed E-state index contributed by atoms with van der Waals surface area (Å²) in [5.74, 6) is 1.36.